The molecule has 1 N–H and O–H groups in total. The van der Waals surface area contributed by atoms with Crippen molar-refractivity contribution in [1.82, 2.24) is 24.3 Å². The van der Waals surface area contributed by atoms with Crippen molar-refractivity contribution in [2.45, 2.75) is 19.8 Å². The Morgan fingerprint density at radius 1 is 1.15 bits per heavy atom. The Kier molecular flexibility index (Phi) is 4.75. The van der Waals surface area contributed by atoms with E-state index >= 15 is 0 Å². The number of carbonyl (C=O) groups is 1. The number of anilines is 1. The van der Waals surface area contributed by atoms with Crippen LogP contribution in [0.5, 0.6) is 0 Å². The molecule has 2 aromatic heterocycles. The Morgan fingerprint density at radius 3 is 2.73 bits per heavy atom. The third kappa shape index (κ3) is 3.65. The molecule has 134 valence electrons. The summed E-state index contributed by atoms with van der Waals surface area (Å²) < 4.78 is 8.35. The van der Waals surface area contributed by atoms with Crippen molar-refractivity contribution in [2.24, 2.45) is 5.92 Å². The molecule has 0 aliphatic carbocycles. The second-order valence-electron chi connectivity index (χ2n) is 6.64. The summed E-state index contributed by atoms with van der Waals surface area (Å²) in [5, 5.41) is 11.4. The summed E-state index contributed by atoms with van der Waals surface area (Å²) in [5.74, 6) is 1.37. The largest absolute Gasteiger partial charge is 0.355 e. The van der Waals surface area contributed by atoms with Gasteiger partial charge < -0.3 is 10.2 Å². The topological polar surface area (TPSA) is 83.9 Å². The van der Waals surface area contributed by atoms with Crippen LogP contribution >= 0.6 is 11.7 Å². The van der Waals surface area contributed by atoms with Gasteiger partial charge in [-0.25, -0.2) is 0 Å². The van der Waals surface area contributed by atoms with Crippen LogP contribution in [0.3, 0.4) is 0 Å². The summed E-state index contributed by atoms with van der Waals surface area (Å²) in [6, 6.07) is 9.46. The number of nitrogens with one attached hydrogen (secondary N) is 1. The maximum Gasteiger partial charge on any atom is 0.251 e. The summed E-state index contributed by atoms with van der Waals surface area (Å²) in [4.78, 5) is 14.6. The molecule has 1 fully saturated rings. The van der Waals surface area contributed by atoms with Crippen LogP contribution in [-0.4, -0.2) is 44.5 Å². The van der Waals surface area contributed by atoms with Gasteiger partial charge in [-0.2, -0.15) is 13.8 Å². The summed E-state index contributed by atoms with van der Waals surface area (Å²) in [7, 11) is 0. The molecule has 7 nitrogen and oxygen atoms in total. The predicted octanol–water partition coefficient (Wildman–Crippen LogP) is 2.44. The fourth-order valence-corrected chi connectivity index (χ4v) is 3.71. The van der Waals surface area contributed by atoms with Gasteiger partial charge in [-0.05, 0) is 56.0 Å². The van der Waals surface area contributed by atoms with Crippen molar-refractivity contribution in [2.75, 3.05) is 24.5 Å². The van der Waals surface area contributed by atoms with E-state index in [-0.39, 0.29) is 5.91 Å². The smallest absolute Gasteiger partial charge is 0.251 e. The summed E-state index contributed by atoms with van der Waals surface area (Å²) >= 11 is 1.16. The van der Waals surface area contributed by atoms with Gasteiger partial charge in [0.15, 0.2) is 5.82 Å². The number of carbonyl (C=O) groups excluding carboxylic acids is 1. The van der Waals surface area contributed by atoms with Gasteiger partial charge in [0.25, 0.3) is 5.91 Å². The lowest BCUT2D eigenvalue weighted by atomic mass is 9.96. The first kappa shape index (κ1) is 16.8. The van der Waals surface area contributed by atoms with Gasteiger partial charge in [0.05, 0.1) is 17.4 Å². The van der Waals surface area contributed by atoms with Gasteiger partial charge in [0.1, 0.15) is 11.0 Å². The number of hydrogen-bond donors (Lipinski definition) is 1. The number of piperidine rings is 1. The number of amides is 1. The molecule has 0 radical (unpaired) electrons. The molecule has 1 aromatic carbocycles. The minimum absolute atomic E-state index is 0.0493. The van der Waals surface area contributed by atoms with Crippen LogP contribution in [0.15, 0.2) is 30.3 Å². The van der Waals surface area contributed by atoms with Crippen LogP contribution in [0.4, 0.5) is 5.82 Å². The highest BCUT2D eigenvalue weighted by Gasteiger charge is 2.21. The Labute approximate surface area is 155 Å². The molecule has 0 spiro atoms. The maximum atomic E-state index is 12.4. The fraction of sp³-hybridized carbons (Fsp3) is 0.389. The van der Waals surface area contributed by atoms with Gasteiger partial charge in [0.2, 0.25) is 0 Å². The van der Waals surface area contributed by atoms with Crippen molar-refractivity contribution in [3.8, 4) is 0 Å². The lowest BCUT2D eigenvalue weighted by Gasteiger charge is -2.32. The summed E-state index contributed by atoms with van der Waals surface area (Å²) in [5.41, 5.74) is 3.17. The van der Waals surface area contributed by atoms with E-state index < -0.39 is 0 Å². The molecule has 1 saturated heterocycles. The molecule has 1 aliphatic rings. The van der Waals surface area contributed by atoms with E-state index in [2.05, 4.69) is 29.2 Å². The van der Waals surface area contributed by atoms with E-state index in [1.165, 1.54) is 0 Å². The first-order chi connectivity index (χ1) is 12.7. The van der Waals surface area contributed by atoms with Gasteiger partial charge in [0, 0.05) is 25.2 Å². The summed E-state index contributed by atoms with van der Waals surface area (Å²) in [6.07, 6.45) is 2.07. The molecule has 3 heterocycles. The van der Waals surface area contributed by atoms with Gasteiger partial charge in [-0.1, -0.05) is 0 Å². The zero-order valence-corrected chi connectivity index (χ0v) is 15.4. The quantitative estimate of drug-likeness (QED) is 0.761. The van der Waals surface area contributed by atoms with Crippen LogP contribution in [0, 0.1) is 12.8 Å². The van der Waals surface area contributed by atoms with Crippen molar-refractivity contribution >= 4 is 34.5 Å². The van der Waals surface area contributed by atoms with Crippen molar-refractivity contribution in [3.05, 3.63) is 41.6 Å². The van der Waals surface area contributed by atoms with E-state index in [4.69, 9.17) is 0 Å². The number of nitrogens with zero attached hydrogens (tertiary/aromatic N) is 5. The van der Waals surface area contributed by atoms with Crippen molar-refractivity contribution in [1.29, 1.82) is 0 Å². The second kappa shape index (κ2) is 7.33. The normalized spacial score (nSPS) is 15.3. The molecule has 1 aliphatic heterocycles. The Morgan fingerprint density at radius 2 is 1.96 bits per heavy atom. The minimum Gasteiger partial charge on any atom is -0.355 e. The molecule has 3 aromatic rings. The van der Waals surface area contributed by atoms with E-state index in [1.54, 1.807) is 12.1 Å². The van der Waals surface area contributed by atoms with Gasteiger partial charge in [-0.15, -0.1) is 5.10 Å². The lowest BCUT2D eigenvalue weighted by Crippen LogP contribution is -2.39. The van der Waals surface area contributed by atoms with Crippen molar-refractivity contribution < 1.29 is 4.79 Å². The number of fused-ring (bicyclic) bond motifs is 1. The molecule has 4 rings (SSSR count). The molecule has 26 heavy (non-hydrogen) atoms. The predicted molar refractivity (Wildman–Crippen MR) is 101 cm³/mol. The van der Waals surface area contributed by atoms with E-state index in [1.807, 2.05) is 25.1 Å². The molecule has 1 amide bonds. The first-order valence-electron chi connectivity index (χ1n) is 8.75. The second-order valence-corrected chi connectivity index (χ2v) is 7.17. The highest BCUT2D eigenvalue weighted by Crippen LogP contribution is 2.21. The number of hydrogen-bond acceptors (Lipinski definition) is 7. The third-order valence-electron chi connectivity index (χ3n) is 4.79. The molecule has 8 heteroatoms. The maximum absolute atomic E-state index is 12.4. The number of aromatic nitrogens is 4. The minimum atomic E-state index is -0.0493. The van der Waals surface area contributed by atoms with Crippen LogP contribution in [0.1, 0.15) is 28.9 Å². The first-order valence-corrected chi connectivity index (χ1v) is 9.48. The molecule has 0 atom stereocenters. The SMILES string of the molecule is Cc1ccc(N2CCC(CNC(=O)c3ccc4nsnc4c3)CC2)nn1. The van der Waals surface area contributed by atoms with Crippen LogP contribution in [0.2, 0.25) is 0 Å². The Hall–Kier alpha value is -2.61. The number of rotatable bonds is 4. The standard InChI is InChI=1S/C18H20N6OS/c1-12-2-5-17(21-20-12)24-8-6-13(7-9-24)11-19-18(25)14-3-4-15-16(10-14)23-26-22-15/h2-5,10,13H,6-9,11H2,1H3,(H,19,25). The number of benzene rings is 1. The molecule has 0 saturated carbocycles. The fourth-order valence-electron chi connectivity index (χ4n) is 3.19. The Balaban J connectivity index is 1.29. The van der Waals surface area contributed by atoms with E-state index in [0.29, 0.717) is 18.0 Å². The molecular formula is C18H20N6OS. The lowest BCUT2D eigenvalue weighted by molar-refractivity contribution is 0.0945. The highest BCUT2D eigenvalue weighted by molar-refractivity contribution is 7.00. The van der Waals surface area contributed by atoms with E-state index in [0.717, 1.165) is 60.2 Å². The van der Waals surface area contributed by atoms with Gasteiger partial charge in [-0.3, -0.25) is 4.79 Å². The monoisotopic (exact) mass is 368 g/mol. The Bertz CT molecular complexity index is 901. The van der Waals surface area contributed by atoms with Crippen LogP contribution < -0.4 is 10.2 Å². The van der Waals surface area contributed by atoms with Crippen molar-refractivity contribution in [3.63, 3.8) is 0 Å². The van der Waals surface area contributed by atoms with E-state index in [9.17, 15) is 4.79 Å². The molecule has 0 unspecified atom stereocenters. The summed E-state index contributed by atoms with van der Waals surface area (Å²) in [6.45, 7) is 4.51. The zero-order valence-electron chi connectivity index (χ0n) is 14.6. The highest BCUT2D eigenvalue weighted by atomic mass is 32.1. The number of aryl methyl sites for hydroxylation is 1. The average Bonchev–Trinajstić information content (AvgIpc) is 3.15. The molecular weight excluding hydrogens is 348 g/mol. The third-order valence-corrected chi connectivity index (χ3v) is 5.35. The van der Waals surface area contributed by atoms with Crippen LogP contribution in [0.25, 0.3) is 11.0 Å². The molecule has 0 bridgehead atoms. The average molecular weight is 368 g/mol. The zero-order chi connectivity index (χ0) is 17.9. The van der Waals surface area contributed by atoms with Gasteiger partial charge >= 0.3 is 0 Å². The van der Waals surface area contributed by atoms with Crippen LogP contribution in [-0.2, 0) is 0 Å².